The molecule has 4 nitrogen and oxygen atoms in total. The lowest BCUT2D eigenvalue weighted by Crippen LogP contribution is -2.43. The van der Waals surface area contributed by atoms with Crippen molar-refractivity contribution in [2.75, 3.05) is 33.4 Å². The van der Waals surface area contributed by atoms with Crippen LogP contribution in [0.25, 0.3) is 10.6 Å². The van der Waals surface area contributed by atoms with Crippen LogP contribution in [-0.4, -0.2) is 43.3 Å². The predicted molar refractivity (Wildman–Crippen MR) is 96.5 cm³/mol. The molecule has 2 fully saturated rings. The zero-order chi connectivity index (χ0) is 16.4. The van der Waals surface area contributed by atoms with E-state index >= 15 is 0 Å². The molecule has 4 rings (SSSR count). The topological polar surface area (TPSA) is 34.6 Å². The van der Waals surface area contributed by atoms with Gasteiger partial charge >= 0.3 is 0 Å². The number of methoxy groups -OCH3 is 1. The molecular weight excluding hydrogens is 320 g/mol. The van der Waals surface area contributed by atoms with Crippen LogP contribution in [0.1, 0.15) is 25.0 Å². The van der Waals surface area contributed by atoms with Crippen LogP contribution in [0.15, 0.2) is 29.6 Å². The molecule has 0 radical (unpaired) electrons. The molecule has 5 heteroatoms. The maximum Gasteiger partial charge on any atom is 0.129 e. The van der Waals surface area contributed by atoms with Gasteiger partial charge < -0.3 is 9.47 Å². The summed E-state index contributed by atoms with van der Waals surface area (Å²) in [4.78, 5) is 7.42. The van der Waals surface area contributed by atoms with E-state index < -0.39 is 0 Å². The van der Waals surface area contributed by atoms with Gasteiger partial charge in [-0.15, -0.1) is 11.3 Å². The Morgan fingerprint density at radius 2 is 2.25 bits per heavy atom. The first kappa shape index (κ1) is 16.1. The van der Waals surface area contributed by atoms with Crippen molar-refractivity contribution in [2.24, 2.45) is 5.41 Å². The van der Waals surface area contributed by atoms with E-state index in [1.54, 1.807) is 18.4 Å². The van der Waals surface area contributed by atoms with Crippen molar-refractivity contribution in [2.45, 2.75) is 25.8 Å². The number of nitrogens with zero attached hydrogens (tertiary/aromatic N) is 2. The van der Waals surface area contributed by atoms with Gasteiger partial charge in [0.05, 0.1) is 25.0 Å². The number of benzene rings is 1. The summed E-state index contributed by atoms with van der Waals surface area (Å²) in [6.07, 6.45) is 3.80. The van der Waals surface area contributed by atoms with Gasteiger partial charge in [-0.2, -0.15) is 0 Å². The quantitative estimate of drug-likeness (QED) is 0.844. The van der Waals surface area contributed by atoms with Gasteiger partial charge in [0.1, 0.15) is 10.8 Å². The van der Waals surface area contributed by atoms with E-state index in [-0.39, 0.29) is 0 Å². The zero-order valence-electron chi connectivity index (χ0n) is 14.2. The average molecular weight is 344 g/mol. The molecule has 0 N–H and O–H groups in total. The van der Waals surface area contributed by atoms with Crippen LogP contribution in [0.5, 0.6) is 5.75 Å². The first-order valence-corrected chi connectivity index (χ1v) is 9.54. The van der Waals surface area contributed by atoms with E-state index in [2.05, 4.69) is 16.3 Å². The Hall–Kier alpha value is -1.43. The van der Waals surface area contributed by atoms with Crippen LogP contribution in [0, 0.1) is 5.41 Å². The fourth-order valence-corrected chi connectivity index (χ4v) is 4.81. The zero-order valence-corrected chi connectivity index (χ0v) is 15.0. The molecule has 0 amide bonds. The highest BCUT2D eigenvalue weighted by molar-refractivity contribution is 7.13. The molecule has 3 heterocycles. The van der Waals surface area contributed by atoms with Crippen molar-refractivity contribution in [3.63, 3.8) is 0 Å². The minimum atomic E-state index is 0.403. The monoisotopic (exact) mass is 344 g/mol. The number of likely N-dealkylation sites (tertiary alicyclic amines) is 1. The van der Waals surface area contributed by atoms with Crippen LogP contribution in [0.2, 0.25) is 0 Å². The van der Waals surface area contributed by atoms with Gasteiger partial charge in [-0.1, -0.05) is 12.1 Å². The number of aromatic nitrogens is 1. The van der Waals surface area contributed by atoms with Crippen molar-refractivity contribution in [3.8, 4) is 16.3 Å². The van der Waals surface area contributed by atoms with Crippen LogP contribution >= 0.6 is 11.3 Å². The summed E-state index contributed by atoms with van der Waals surface area (Å²) in [5, 5.41) is 3.23. The van der Waals surface area contributed by atoms with Gasteiger partial charge in [-0.3, -0.25) is 4.90 Å². The van der Waals surface area contributed by atoms with Crippen LogP contribution < -0.4 is 4.74 Å². The van der Waals surface area contributed by atoms with Gasteiger partial charge in [-0.05, 0) is 37.9 Å². The second-order valence-corrected chi connectivity index (χ2v) is 7.82. The molecule has 0 saturated carbocycles. The summed E-state index contributed by atoms with van der Waals surface area (Å²) in [7, 11) is 1.71. The van der Waals surface area contributed by atoms with Gasteiger partial charge in [0.2, 0.25) is 0 Å². The Morgan fingerprint density at radius 1 is 1.33 bits per heavy atom. The molecule has 0 aliphatic carbocycles. The number of para-hydroxylation sites is 1. The molecule has 1 unspecified atom stereocenters. The van der Waals surface area contributed by atoms with Crippen LogP contribution in [-0.2, 0) is 11.3 Å². The van der Waals surface area contributed by atoms with E-state index in [0.29, 0.717) is 5.41 Å². The van der Waals surface area contributed by atoms with Crippen molar-refractivity contribution in [1.29, 1.82) is 0 Å². The van der Waals surface area contributed by atoms with Crippen molar-refractivity contribution >= 4 is 11.3 Å². The standard InChI is InChI=1S/C19H24N2O2S/c1-22-17-6-3-2-5-16(17)18-20-15(12-24-18)11-21-9-4-7-19(13-21)8-10-23-14-19/h2-3,5-6,12H,4,7-11,13-14H2,1H3. The molecule has 128 valence electrons. The number of rotatable bonds is 4. The summed E-state index contributed by atoms with van der Waals surface area (Å²) >= 11 is 1.70. The van der Waals surface area contributed by atoms with Gasteiger partial charge in [0, 0.05) is 30.5 Å². The van der Waals surface area contributed by atoms with Crippen molar-refractivity contribution < 1.29 is 9.47 Å². The highest BCUT2D eigenvalue weighted by Crippen LogP contribution is 2.38. The van der Waals surface area contributed by atoms with E-state index in [9.17, 15) is 0 Å². The van der Waals surface area contributed by atoms with Gasteiger partial charge in [0.25, 0.3) is 0 Å². The van der Waals surface area contributed by atoms with Crippen molar-refractivity contribution in [1.82, 2.24) is 9.88 Å². The number of hydrogen-bond acceptors (Lipinski definition) is 5. The molecule has 2 saturated heterocycles. The van der Waals surface area contributed by atoms with Gasteiger partial charge in [0.15, 0.2) is 0 Å². The third-order valence-corrected chi connectivity index (χ3v) is 6.12. The molecular formula is C19H24N2O2S. The summed E-state index contributed by atoms with van der Waals surface area (Å²) < 4.78 is 11.1. The molecule has 1 atom stereocenters. The molecule has 1 spiro atoms. The third-order valence-electron chi connectivity index (χ3n) is 5.20. The Balaban J connectivity index is 1.47. The minimum Gasteiger partial charge on any atom is -0.496 e. The maximum absolute atomic E-state index is 5.67. The third kappa shape index (κ3) is 3.21. The Bertz CT molecular complexity index is 694. The number of piperidine rings is 1. The second kappa shape index (κ2) is 6.82. The second-order valence-electron chi connectivity index (χ2n) is 6.96. The van der Waals surface area contributed by atoms with E-state index in [1.165, 1.54) is 25.8 Å². The molecule has 0 bridgehead atoms. The molecule has 24 heavy (non-hydrogen) atoms. The lowest BCUT2D eigenvalue weighted by Gasteiger charge is -2.39. The summed E-state index contributed by atoms with van der Waals surface area (Å²) in [5.74, 6) is 0.887. The highest BCUT2D eigenvalue weighted by Gasteiger charge is 2.38. The molecule has 2 aliphatic rings. The first-order chi connectivity index (χ1) is 11.8. The Morgan fingerprint density at radius 3 is 3.08 bits per heavy atom. The number of hydrogen-bond donors (Lipinski definition) is 0. The summed E-state index contributed by atoms with van der Waals surface area (Å²) in [6, 6.07) is 8.10. The largest absolute Gasteiger partial charge is 0.496 e. The van der Waals surface area contributed by atoms with E-state index in [4.69, 9.17) is 14.5 Å². The Kier molecular flexibility index (Phi) is 4.57. The fourth-order valence-electron chi connectivity index (χ4n) is 3.97. The van der Waals surface area contributed by atoms with Crippen LogP contribution in [0.3, 0.4) is 0 Å². The molecule has 1 aromatic carbocycles. The highest BCUT2D eigenvalue weighted by atomic mass is 32.1. The van der Waals surface area contributed by atoms with Crippen LogP contribution in [0.4, 0.5) is 0 Å². The first-order valence-electron chi connectivity index (χ1n) is 8.66. The molecule has 2 aromatic rings. The summed E-state index contributed by atoms with van der Waals surface area (Å²) in [5.41, 5.74) is 2.65. The lowest BCUT2D eigenvalue weighted by atomic mass is 9.79. The smallest absolute Gasteiger partial charge is 0.129 e. The number of thiazole rings is 1. The predicted octanol–water partition coefficient (Wildman–Crippen LogP) is 3.82. The normalized spacial score (nSPS) is 24.5. The fraction of sp³-hybridized carbons (Fsp3) is 0.526. The maximum atomic E-state index is 5.67. The Labute approximate surface area is 147 Å². The van der Waals surface area contributed by atoms with E-state index in [1.807, 2.05) is 18.2 Å². The molecule has 1 aromatic heterocycles. The average Bonchev–Trinajstić information content (AvgIpc) is 3.25. The summed E-state index contributed by atoms with van der Waals surface area (Å²) in [6.45, 7) is 5.13. The lowest BCUT2D eigenvalue weighted by molar-refractivity contribution is 0.0639. The molecule has 2 aliphatic heterocycles. The SMILES string of the molecule is COc1ccccc1-c1nc(CN2CCCC3(CCOC3)C2)cs1. The van der Waals surface area contributed by atoms with Crippen molar-refractivity contribution in [3.05, 3.63) is 35.3 Å². The minimum absolute atomic E-state index is 0.403. The number of ether oxygens (including phenoxy) is 2. The van der Waals surface area contributed by atoms with Gasteiger partial charge in [-0.25, -0.2) is 4.98 Å². The van der Waals surface area contributed by atoms with E-state index in [0.717, 1.165) is 48.3 Å².